The molecule has 10 atom stereocenters. The second-order valence-electron chi connectivity index (χ2n) is 6.15. The van der Waals surface area contributed by atoms with Crippen molar-refractivity contribution in [2.45, 2.75) is 25.2 Å². The maximum Gasteiger partial charge on any atom is 0.309 e. The molecule has 1 aliphatic carbocycles. The van der Waals surface area contributed by atoms with Gasteiger partial charge in [-0.15, -0.1) is 0 Å². The van der Waals surface area contributed by atoms with Crippen molar-refractivity contribution in [2.75, 3.05) is 6.61 Å². The lowest BCUT2D eigenvalue weighted by atomic mass is 9.60. The Hall–Kier alpha value is -0.690. The molecule has 7 rings (SSSR count). The van der Waals surface area contributed by atoms with E-state index in [1.54, 1.807) is 0 Å². The van der Waals surface area contributed by atoms with Crippen LogP contribution in [0.2, 0.25) is 0 Å². The average molecular weight is 252 g/mol. The first kappa shape index (κ1) is 9.25. The largest absolute Gasteiger partial charge is 0.465 e. The van der Waals surface area contributed by atoms with Crippen LogP contribution in [0, 0.1) is 35.5 Å². The maximum atomic E-state index is 12.0. The van der Waals surface area contributed by atoms with Crippen LogP contribution < -0.4 is 0 Å². The Balaban J connectivity index is 1.61. The molecule has 7 fully saturated rings. The first-order chi connectivity index (χ1) is 8.83. The molecule has 6 heterocycles. The molecular weight excluding hydrogens is 240 g/mol. The van der Waals surface area contributed by atoms with Crippen LogP contribution in [0.5, 0.6) is 0 Å². The van der Waals surface area contributed by atoms with Gasteiger partial charge in [0.2, 0.25) is 0 Å². The van der Waals surface area contributed by atoms with Crippen molar-refractivity contribution in [1.29, 1.82) is 0 Å². The van der Waals surface area contributed by atoms with Gasteiger partial charge in [-0.3, -0.25) is 4.79 Å². The molecule has 6 aliphatic heterocycles. The predicted octanol–water partition coefficient (Wildman–Crippen LogP) is -0.321. The number of carbonyl (C=O) groups is 1. The Morgan fingerprint density at radius 3 is 2.06 bits per heavy atom. The molecule has 7 aliphatic rings. The molecule has 0 amide bonds. The zero-order chi connectivity index (χ0) is 11.6. The Labute approximate surface area is 102 Å². The first-order valence-corrected chi connectivity index (χ1v) is 6.61. The summed E-state index contributed by atoms with van der Waals surface area (Å²) in [5, 5.41) is 0. The summed E-state index contributed by atoms with van der Waals surface area (Å²) in [5.41, 5.74) is 0. The molecule has 1 saturated carbocycles. The molecule has 0 aromatic heterocycles. The second kappa shape index (κ2) is 2.60. The summed E-state index contributed by atoms with van der Waals surface area (Å²) in [4.78, 5) is 12.0. The van der Waals surface area contributed by atoms with Gasteiger partial charge in [-0.1, -0.05) is 0 Å². The Morgan fingerprint density at radius 1 is 0.778 bits per heavy atom. The average Bonchev–Trinajstić information content (AvgIpc) is 2.98. The van der Waals surface area contributed by atoms with E-state index in [0.29, 0.717) is 12.5 Å². The standard InChI is InChI=1S/C12H12O6/c13-8-3-2(1-14-8)4-6-7-5(3)10-15-9(4)16-11(6)18-12(7)17-10/h2-7,9-12H,1H2. The number of esters is 1. The van der Waals surface area contributed by atoms with Crippen LogP contribution in [-0.4, -0.2) is 37.7 Å². The molecule has 0 radical (unpaired) electrons. The van der Waals surface area contributed by atoms with Crippen LogP contribution in [0.15, 0.2) is 0 Å². The molecule has 10 unspecified atom stereocenters. The lowest BCUT2D eigenvalue weighted by Crippen LogP contribution is -2.45. The summed E-state index contributed by atoms with van der Waals surface area (Å²) in [6, 6.07) is 0. The fourth-order valence-corrected chi connectivity index (χ4v) is 5.23. The van der Waals surface area contributed by atoms with Crippen molar-refractivity contribution in [3.63, 3.8) is 0 Å². The zero-order valence-electron chi connectivity index (χ0n) is 9.43. The zero-order valence-corrected chi connectivity index (χ0v) is 9.43. The van der Waals surface area contributed by atoms with E-state index in [0.717, 1.165) is 0 Å². The minimum Gasteiger partial charge on any atom is -0.465 e. The Kier molecular flexibility index (Phi) is 1.34. The third-order valence-electron chi connectivity index (χ3n) is 5.72. The summed E-state index contributed by atoms with van der Waals surface area (Å²) in [5.74, 6) is 0.921. The number of ether oxygens (including phenoxy) is 5. The lowest BCUT2D eigenvalue weighted by Gasteiger charge is -2.37. The number of hydrogen-bond acceptors (Lipinski definition) is 6. The van der Waals surface area contributed by atoms with Crippen LogP contribution in [0.25, 0.3) is 0 Å². The van der Waals surface area contributed by atoms with E-state index in [-0.39, 0.29) is 60.7 Å². The maximum absolute atomic E-state index is 12.0. The Morgan fingerprint density at radius 2 is 1.33 bits per heavy atom. The van der Waals surface area contributed by atoms with E-state index in [2.05, 4.69) is 0 Å². The fraction of sp³-hybridized carbons (Fsp3) is 0.917. The highest BCUT2D eigenvalue weighted by Gasteiger charge is 2.76. The highest BCUT2D eigenvalue weighted by molar-refractivity contribution is 5.75. The summed E-state index contributed by atoms with van der Waals surface area (Å²) >= 11 is 0. The fourth-order valence-electron chi connectivity index (χ4n) is 5.23. The molecule has 6 heteroatoms. The van der Waals surface area contributed by atoms with Crippen molar-refractivity contribution in [3.8, 4) is 0 Å². The van der Waals surface area contributed by atoms with Gasteiger partial charge in [0.25, 0.3) is 0 Å². The second-order valence-corrected chi connectivity index (χ2v) is 6.15. The van der Waals surface area contributed by atoms with E-state index >= 15 is 0 Å². The van der Waals surface area contributed by atoms with Gasteiger partial charge in [-0.05, 0) is 0 Å². The summed E-state index contributed by atoms with van der Waals surface area (Å²) in [6.07, 6.45) is -1.12. The number of cyclic esters (lactones) is 1. The smallest absolute Gasteiger partial charge is 0.309 e. The number of hydrogen-bond donors (Lipinski definition) is 0. The Bertz CT molecular complexity index is 465. The summed E-state index contributed by atoms with van der Waals surface area (Å²) in [7, 11) is 0. The third-order valence-corrected chi connectivity index (χ3v) is 5.72. The van der Waals surface area contributed by atoms with Gasteiger partial charge >= 0.3 is 5.97 Å². The van der Waals surface area contributed by atoms with Crippen molar-refractivity contribution in [2.24, 2.45) is 35.5 Å². The minimum atomic E-state index is -0.362. The van der Waals surface area contributed by atoms with Gasteiger partial charge in [0.05, 0.1) is 12.5 Å². The van der Waals surface area contributed by atoms with Crippen LogP contribution in [0.4, 0.5) is 0 Å². The number of rotatable bonds is 0. The van der Waals surface area contributed by atoms with Gasteiger partial charge in [-0.2, -0.15) is 0 Å². The third kappa shape index (κ3) is 0.758. The lowest BCUT2D eigenvalue weighted by molar-refractivity contribution is -0.337. The van der Waals surface area contributed by atoms with E-state index in [1.807, 2.05) is 0 Å². The van der Waals surface area contributed by atoms with E-state index in [9.17, 15) is 4.79 Å². The minimum absolute atomic E-state index is 0.0831. The van der Waals surface area contributed by atoms with Crippen molar-refractivity contribution >= 4 is 5.97 Å². The molecule has 0 aromatic rings. The molecule has 6 bridgehead atoms. The van der Waals surface area contributed by atoms with Gasteiger partial charge in [-0.25, -0.2) is 0 Å². The molecular formula is C12H12O6. The molecule has 6 nitrogen and oxygen atoms in total. The number of carbonyl (C=O) groups excluding carboxylic acids is 1. The highest BCUT2D eigenvalue weighted by Crippen LogP contribution is 2.66. The van der Waals surface area contributed by atoms with Gasteiger partial charge < -0.3 is 23.7 Å². The van der Waals surface area contributed by atoms with Crippen molar-refractivity contribution in [3.05, 3.63) is 0 Å². The van der Waals surface area contributed by atoms with Crippen molar-refractivity contribution < 1.29 is 28.5 Å². The highest BCUT2D eigenvalue weighted by atomic mass is 16.9. The summed E-state index contributed by atoms with van der Waals surface area (Å²) in [6.45, 7) is 0.501. The first-order valence-electron chi connectivity index (χ1n) is 6.61. The van der Waals surface area contributed by atoms with Gasteiger partial charge in [0.1, 0.15) is 0 Å². The van der Waals surface area contributed by atoms with Crippen molar-refractivity contribution in [1.82, 2.24) is 0 Å². The monoisotopic (exact) mass is 252 g/mol. The van der Waals surface area contributed by atoms with Crippen LogP contribution in [0.1, 0.15) is 0 Å². The SMILES string of the molecule is O=C1OCC2C1C1C3OC4OC5OC(O3)C1C5C42. The topological polar surface area (TPSA) is 63.2 Å². The van der Waals surface area contributed by atoms with E-state index in [1.165, 1.54) is 0 Å². The van der Waals surface area contributed by atoms with Crippen LogP contribution in [-0.2, 0) is 28.5 Å². The molecule has 96 valence electrons. The van der Waals surface area contributed by atoms with Gasteiger partial charge in [0.15, 0.2) is 25.2 Å². The molecule has 6 saturated heterocycles. The normalized spacial score (nSPS) is 69.7. The molecule has 0 N–H and O–H groups in total. The van der Waals surface area contributed by atoms with Crippen LogP contribution in [0.3, 0.4) is 0 Å². The van der Waals surface area contributed by atoms with Gasteiger partial charge in [0, 0.05) is 29.6 Å². The van der Waals surface area contributed by atoms with Crippen LogP contribution >= 0.6 is 0 Å². The quantitative estimate of drug-likeness (QED) is 0.551. The predicted molar refractivity (Wildman–Crippen MR) is 51.4 cm³/mol. The molecule has 0 spiro atoms. The van der Waals surface area contributed by atoms with E-state index in [4.69, 9.17) is 23.7 Å². The molecule has 18 heavy (non-hydrogen) atoms. The van der Waals surface area contributed by atoms with E-state index < -0.39 is 0 Å². The summed E-state index contributed by atoms with van der Waals surface area (Å²) < 4.78 is 28.7. The molecule has 0 aromatic carbocycles.